The Balaban J connectivity index is 1.47. The van der Waals surface area contributed by atoms with Crippen LogP contribution in [0.3, 0.4) is 0 Å². The predicted octanol–water partition coefficient (Wildman–Crippen LogP) is 3.60. The molecule has 2 aromatic heterocycles. The molecule has 4 aromatic rings. The van der Waals surface area contributed by atoms with Gasteiger partial charge in [0.05, 0.1) is 18.0 Å². The Morgan fingerprint density at radius 3 is 2.46 bits per heavy atom. The topological polar surface area (TPSA) is 62.5 Å². The first-order chi connectivity index (χ1) is 11.8. The molecular weight excluding hydrogens is 320 g/mol. The Morgan fingerprint density at radius 2 is 1.75 bits per heavy atom. The van der Waals surface area contributed by atoms with Gasteiger partial charge >= 0.3 is 0 Å². The minimum Gasteiger partial charge on any atom is -0.387 e. The fourth-order valence-electron chi connectivity index (χ4n) is 2.50. The first kappa shape index (κ1) is 14.9. The summed E-state index contributed by atoms with van der Waals surface area (Å²) < 4.78 is 1.77. The number of nitrogens with one attached hydrogen (secondary N) is 1. The van der Waals surface area contributed by atoms with Gasteiger partial charge in [-0.1, -0.05) is 72.0 Å². The van der Waals surface area contributed by atoms with E-state index in [1.54, 1.807) is 4.52 Å². The van der Waals surface area contributed by atoms with Gasteiger partial charge in [-0.05, 0) is 5.56 Å². The molecule has 120 valence electrons. The van der Waals surface area contributed by atoms with Crippen molar-refractivity contribution in [3.63, 3.8) is 0 Å². The molecule has 0 radical (unpaired) electrons. The summed E-state index contributed by atoms with van der Waals surface area (Å²) in [5.41, 5.74) is 2.87. The molecule has 0 aliphatic heterocycles. The molecule has 0 unspecified atom stereocenters. The highest BCUT2D eigenvalue weighted by molar-refractivity contribution is 7.20. The fraction of sp³-hybridized carbons (Fsp3) is 0.111. The molecule has 6 heteroatoms. The summed E-state index contributed by atoms with van der Waals surface area (Å²) in [6.45, 7) is 0.409. The van der Waals surface area contributed by atoms with Gasteiger partial charge in [-0.2, -0.15) is 0 Å². The van der Waals surface area contributed by atoms with Crippen LogP contribution in [0, 0.1) is 0 Å². The molecule has 0 saturated carbocycles. The van der Waals surface area contributed by atoms with Crippen LogP contribution >= 0.6 is 11.3 Å². The molecule has 4 rings (SSSR count). The number of benzene rings is 2. The van der Waals surface area contributed by atoms with Gasteiger partial charge in [-0.25, -0.2) is 9.50 Å². The molecule has 0 bridgehead atoms. The zero-order valence-corrected chi connectivity index (χ0v) is 13.6. The van der Waals surface area contributed by atoms with Gasteiger partial charge in [0.15, 0.2) is 0 Å². The van der Waals surface area contributed by atoms with Crippen molar-refractivity contribution in [3.05, 3.63) is 72.4 Å². The lowest BCUT2D eigenvalue weighted by molar-refractivity contribution is 0.191. The minimum atomic E-state index is -0.567. The fourth-order valence-corrected chi connectivity index (χ4v) is 3.28. The van der Waals surface area contributed by atoms with Crippen LogP contribution in [-0.4, -0.2) is 26.2 Å². The number of aromatic nitrogens is 3. The zero-order chi connectivity index (χ0) is 16.4. The largest absolute Gasteiger partial charge is 0.387 e. The Morgan fingerprint density at radius 1 is 1.04 bits per heavy atom. The van der Waals surface area contributed by atoms with Crippen molar-refractivity contribution in [1.82, 2.24) is 14.6 Å². The molecule has 1 atom stereocenters. The standard InChI is InChI=1S/C18H16N4OS/c23-16(14-9-5-2-6-10-14)11-19-17-21-22-12-15(20-18(22)24-17)13-7-3-1-4-8-13/h1-10,12,16,23H,11H2,(H,19,21)/t16-/m0/s1. The third-order valence-electron chi connectivity index (χ3n) is 3.74. The van der Waals surface area contributed by atoms with Crippen LogP contribution in [0.5, 0.6) is 0 Å². The van der Waals surface area contributed by atoms with E-state index >= 15 is 0 Å². The molecular formula is C18H16N4OS. The van der Waals surface area contributed by atoms with Crippen LogP contribution in [0.4, 0.5) is 5.13 Å². The van der Waals surface area contributed by atoms with Crippen LogP contribution in [0.15, 0.2) is 66.9 Å². The van der Waals surface area contributed by atoms with E-state index in [1.165, 1.54) is 11.3 Å². The molecule has 0 amide bonds. The maximum atomic E-state index is 10.2. The van der Waals surface area contributed by atoms with E-state index in [2.05, 4.69) is 15.4 Å². The van der Waals surface area contributed by atoms with Crippen LogP contribution in [-0.2, 0) is 0 Å². The monoisotopic (exact) mass is 336 g/mol. The Hall–Kier alpha value is -2.70. The number of rotatable bonds is 5. The molecule has 0 fully saturated rings. The molecule has 2 aromatic carbocycles. The number of nitrogens with zero attached hydrogens (tertiary/aromatic N) is 3. The summed E-state index contributed by atoms with van der Waals surface area (Å²) in [6, 6.07) is 19.6. The Bertz CT molecular complexity index is 902. The zero-order valence-electron chi connectivity index (χ0n) is 12.8. The molecule has 0 saturated heterocycles. The number of aliphatic hydroxyl groups is 1. The summed E-state index contributed by atoms with van der Waals surface area (Å²) in [7, 11) is 0. The van der Waals surface area contributed by atoms with Crippen molar-refractivity contribution in [2.75, 3.05) is 11.9 Å². The van der Waals surface area contributed by atoms with Crippen LogP contribution in [0.25, 0.3) is 16.2 Å². The highest BCUT2D eigenvalue weighted by Crippen LogP contribution is 2.24. The first-order valence-electron chi connectivity index (χ1n) is 7.68. The van der Waals surface area contributed by atoms with Gasteiger partial charge in [0.1, 0.15) is 0 Å². The van der Waals surface area contributed by atoms with Gasteiger partial charge in [0.2, 0.25) is 10.1 Å². The molecule has 0 spiro atoms. The molecule has 24 heavy (non-hydrogen) atoms. The van der Waals surface area contributed by atoms with Gasteiger partial charge in [0.25, 0.3) is 0 Å². The molecule has 0 aliphatic rings. The third kappa shape index (κ3) is 3.02. The van der Waals surface area contributed by atoms with E-state index in [9.17, 15) is 5.11 Å². The average Bonchev–Trinajstić information content (AvgIpc) is 3.20. The van der Waals surface area contributed by atoms with Crippen molar-refractivity contribution in [2.45, 2.75) is 6.10 Å². The average molecular weight is 336 g/mol. The van der Waals surface area contributed by atoms with Crippen molar-refractivity contribution in [3.8, 4) is 11.3 Å². The maximum Gasteiger partial charge on any atom is 0.214 e. The summed E-state index contributed by atoms with van der Waals surface area (Å²) in [5, 5.41) is 18.6. The summed E-state index contributed by atoms with van der Waals surface area (Å²) >= 11 is 1.47. The molecule has 2 heterocycles. The number of hydrogen-bond acceptors (Lipinski definition) is 5. The van der Waals surface area contributed by atoms with Gasteiger partial charge in [-0.3, -0.25) is 0 Å². The highest BCUT2D eigenvalue weighted by atomic mass is 32.1. The van der Waals surface area contributed by atoms with Crippen LogP contribution in [0.1, 0.15) is 11.7 Å². The lowest BCUT2D eigenvalue weighted by Gasteiger charge is -2.10. The minimum absolute atomic E-state index is 0.409. The van der Waals surface area contributed by atoms with Crippen LogP contribution in [0.2, 0.25) is 0 Å². The van der Waals surface area contributed by atoms with E-state index in [0.717, 1.165) is 26.9 Å². The van der Waals surface area contributed by atoms with Crippen LogP contribution < -0.4 is 5.32 Å². The summed E-state index contributed by atoms with van der Waals surface area (Å²) in [6.07, 6.45) is 1.35. The third-order valence-corrected chi connectivity index (χ3v) is 4.62. The van der Waals surface area contributed by atoms with Crippen molar-refractivity contribution < 1.29 is 5.11 Å². The normalized spacial score (nSPS) is 12.4. The first-order valence-corrected chi connectivity index (χ1v) is 8.50. The second-order valence-corrected chi connectivity index (χ2v) is 6.39. The molecule has 2 N–H and O–H groups in total. The summed E-state index contributed by atoms with van der Waals surface area (Å²) in [5.74, 6) is 0. The van der Waals surface area contributed by atoms with Gasteiger partial charge in [0, 0.05) is 12.1 Å². The number of fused-ring (bicyclic) bond motifs is 1. The second kappa shape index (κ2) is 6.43. The Labute approximate surface area is 143 Å². The van der Waals surface area contributed by atoms with E-state index in [4.69, 9.17) is 0 Å². The van der Waals surface area contributed by atoms with E-state index in [0.29, 0.717) is 6.54 Å². The second-order valence-electron chi connectivity index (χ2n) is 5.43. The van der Waals surface area contributed by atoms with Gasteiger partial charge < -0.3 is 10.4 Å². The lowest BCUT2D eigenvalue weighted by Crippen LogP contribution is -2.12. The van der Waals surface area contributed by atoms with Crippen molar-refractivity contribution in [2.24, 2.45) is 0 Å². The van der Waals surface area contributed by atoms with E-state index in [-0.39, 0.29) is 0 Å². The number of hydrogen-bond donors (Lipinski definition) is 2. The number of anilines is 1. The predicted molar refractivity (Wildman–Crippen MR) is 96.2 cm³/mol. The maximum absolute atomic E-state index is 10.2. The summed E-state index contributed by atoms with van der Waals surface area (Å²) in [4.78, 5) is 5.43. The van der Waals surface area contributed by atoms with Crippen molar-refractivity contribution in [1.29, 1.82) is 0 Å². The molecule has 0 aliphatic carbocycles. The van der Waals surface area contributed by atoms with E-state index in [1.807, 2.05) is 66.9 Å². The Kier molecular flexibility index (Phi) is 3.98. The molecule has 5 nitrogen and oxygen atoms in total. The number of aliphatic hydroxyl groups excluding tert-OH is 1. The van der Waals surface area contributed by atoms with Crippen molar-refractivity contribution >= 4 is 21.4 Å². The smallest absolute Gasteiger partial charge is 0.214 e. The highest BCUT2D eigenvalue weighted by Gasteiger charge is 2.11. The van der Waals surface area contributed by atoms with Gasteiger partial charge in [-0.15, -0.1) is 5.10 Å². The quantitative estimate of drug-likeness (QED) is 0.584. The SMILES string of the molecule is O[C@@H](CNc1nn2cc(-c3ccccc3)nc2s1)c1ccccc1. The van der Waals surface area contributed by atoms with E-state index < -0.39 is 6.10 Å². The lowest BCUT2D eigenvalue weighted by atomic mass is 10.1. The number of imidazole rings is 1.